The third kappa shape index (κ3) is 7.28. The summed E-state index contributed by atoms with van der Waals surface area (Å²) in [5.41, 5.74) is 1.80. The van der Waals surface area contributed by atoms with Crippen molar-refractivity contribution in [3.8, 4) is 0 Å². The van der Waals surface area contributed by atoms with Crippen LogP contribution in [0.15, 0.2) is 24.3 Å². The number of benzene rings is 1. The van der Waals surface area contributed by atoms with E-state index in [9.17, 15) is 14.7 Å². The lowest BCUT2D eigenvalue weighted by molar-refractivity contribution is -0.124. The Kier molecular flexibility index (Phi) is 9.91. The zero-order valence-electron chi connectivity index (χ0n) is 18.4. The van der Waals surface area contributed by atoms with E-state index >= 15 is 0 Å². The summed E-state index contributed by atoms with van der Waals surface area (Å²) in [6, 6.07) is 6.83. The molecule has 1 aromatic carbocycles. The van der Waals surface area contributed by atoms with Crippen LogP contribution in [0.5, 0.6) is 0 Å². The molecule has 1 unspecified atom stereocenters. The monoisotopic (exact) mass is 465 g/mol. The van der Waals surface area contributed by atoms with Crippen molar-refractivity contribution < 1.29 is 14.7 Å². The van der Waals surface area contributed by atoms with Crippen LogP contribution in [0.25, 0.3) is 0 Å². The minimum absolute atomic E-state index is 0.0458. The lowest BCUT2D eigenvalue weighted by Crippen LogP contribution is -2.33. The highest BCUT2D eigenvalue weighted by Crippen LogP contribution is 2.22. The summed E-state index contributed by atoms with van der Waals surface area (Å²) in [5.74, 6) is 0.553. The predicted molar refractivity (Wildman–Crippen MR) is 127 cm³/mol. The zero-order valence-corrected chi connectivity index (χ0v) is 20.0. The molecule has 0 radical (unpaired) electrons. The minimum Gasteiger partial charge on any atom is -0.478 e. The Hall–Kier alpha value is -1.99. The standard InChI is InChI=1S/C23H32ClN3O3S/c1-4-5-9-20-26-21(24)19(12-25-22(28)18(14-31)10-15(2)3)27(20)13-16-7-6-8-17(11-16)23(29)30/h6-8,11,15,18,31H,4-5,9-10,12-14H2,1-3H3,(H,25,28)(H,29,30). The molecule has 2 rings (SSSR count). The van der Waals surface area contributed by atoms with E-state index in [2.05, 4.69) is 43.7 Å². The van der Waals surface area contributed by atoms with Crippen molar-refractivity contribution in [1.29, 1.82) is 0 Å². The molecule has 0 fully saturated rings. The first-order valence-electron chi connectivity index (χ1n) is 10.7. The number of nitrogens with one attached hydrogen (secondary N) is 1. The topological polar surface area (TPSA) is 84.2 Å². The largest absolute Gasteiger partial charge is 0.478 e. The highest BCUT2D eigenvalue weighted by Gasteiger charge is 2.21. The number of carbonyl (C=O) groups is 2. The maximum absolute atomic E-state index is 12.7. The van der Waals surface area contributed by atoms with E-state index in [0.717, 1.165) is 42.8 Å². The third-order valence-electron chi connectivity index (χ3n) is 5.15. The number of nitrogens with zero attached hydrogens (tertiary/aromatic N) is 2. The maximum Gasteiger partial charge on any atom is 0.335 e. The lowest BCUT2D eigenvalue weighted by atomic mass is 9.98. The summed E-state index contributed by atoms with van der Waals surface area (Å²) in [6.45, 7) is 6.98. The Morgan fingerprint density at radius 2 is 2.06 bits per heavy atom. The summed E-state index contributed by atoms with van der Waals surface area (Å²) in [7, 11) is 0. The fourth-order valence-electron chi connectivity index (χ4n) is 3.52. The van der Waals surface area contributed by atoms with E-state index in [0.29, 0.717) is 23.4 Å². The van der Waals surface area contributed by atoms with Crippen LogP contribution >= 0.6 is 24.2 Å². The zero-order chi connectivity index (χ0) is 23.0. The number of thiol groups is 1. The second kappa shape index (κ2) is 12.2. The van der Waals surface area contributed by atoms with Gasteiger partial charge in [0.05, 0.1) is 17.8 Å². The number of rotatable bonds is 12. The van der Waals surface area contributed by atoms with Crippen LogP contribution in [-0.4, -0.2) is 32.3 Å². The predicted octanol–water partition coefficient (Wildman–Crippen LogP) is 4.83. The van der Waals surface area contributed by atoms with Crippen molar-refractivity contribution >= 4 is 36.1 Å². The second-order valence-electron chi connectivity index (χ2n) is 8.19. The molecule has 6 nitrogen and oxygen atoms in total. The fraction of sp³-hybridized carbons (Fsp3) is 0.522. The molecule has 1 aromatic heterocycles. The molecule has 31 heavy (non-hydrogen) atoms. The summed E-state index contributed by atoms with van der Waals surface area (Å²) in [4.78, 5) is 28.5. The second-order valence-corrected chi connectivity index (χ2v) is 8.91. The summed E-state index contributed by atoms with van der Waals surface area (Å²) in [5, 5.41) is 12.7. The van der Waals surface area contributed by atoms with Crippen LogP contribution in [0, 0.1) is 11.8 Å². The van der Waals surface area contributed by atoms with E-state index in [-0.39, 0.29) is 23.9 Å². The summed E-state index contributed by atoms with van der Waals surface area (Å²) >= 11 is 10.8. The van der Waals surface area contributed by atoms with Gasteiger partial charge in [-0.25, -0.2) is 9.78 Å². The highest BCUT2D eigenvalue weighted by molar-refractivity contribution is 7.80. The van der Waals surface area contributed by atoms with Crippen LogP contribution in [-0.2, 0) is 24.3 Å². The van der Waals surface area contributed by atoms with Gasteiger partial charge in [-0.05, 0) is 36.5 Å². The number of imidazole rings is 1. The number of hydrogen-bond acceptors (Lipinski definition) is 4. The molecular weight excluding hydrogens is 434 g/mol. The quantitative estimate of drug-likeness (QED) is 0.392. The molecule has 0 spiro atoms. The number of hydrogen-bond donors (Lipinski definition) is 3. The first-order valence-corrected chi connectivity index (χ1v) is 11.7. The SMILES string of the molecule is CCCCc1nc(Cl)c(CNC(=O)C(CS)CC(C)C)n1Cc1cccc(C(=O)O)c1. The molecular formula is C23H32ClN3O3S. The molecule has 0 bridgehead atoms. The number of aromatic carboxylic acids is 1. The Bertz CT molecular complexity index is 898. The molecule has 1 amide bonds. The smallest absolute Gasteiger partial charge is 0.335 e. The van der Waals surface area contributed by atoms with Crippen molar-refractivity contribution in [2.75, 3.05) is 5.75 Å². The third-order valence-corrected chi connectivity index (χ3v) is 5.89. The Balaban J connectivity index is 2.28. The average Bonchev–Trinajstić information content (AvgIpc) is 3.02. The normalized spacial score (nSPS) is 12.2. The van der Waals surface area contributed by atoms with Crippen molar-refractivity contribution in [1.82, 2.24) is 14.9 Å². The fourth-order valence-corrected chi connectivity index (χ4v) is 4.10. The number of aromatic nitrogens is 2. The lowest BCUT2D eigenvalue weighted by Gasteiger charge is -2.18. The first kappa shape index (κ1) is 25.3. The molecule has 0 aliphatic carbocycles. The summed E-state index contributed by atoms with van der Waals surface area (Å²) in [6.07, 6.45) is 3.51. The van der Waals surface area contributed by atoms with Gasteiger partial charge in [0.25, 0.3) is 0 Å². The molecule has 2 N–H and O–H groups in total. The van der Waals surface area contributed by atoms with Gasteiger partial charge in [0, 0.05) is 24.6 Å². The number of carbonyl (C=O) groups excluding carboxylic acids is 1. The molecule has 2 aromatic rings. The van der Waals surface area contributed by atoms with Crippen LogP contribution in [0.4, 0.5) is 0 Å². The van der Waals surface area contributed by atoms with Crippen molar-refractivity contribution in [2.24, 2.45) is 11.8 Å². The van der Waals surface area contributed by atoms with E-state index in [4.69, 9.17) is 11.6 Å². The van der Waals surface area contributed by atoms with Crippen molar-refractivity contribution in [2.45, 2.75) is 59.5 Å². The molecule has 1 heterocycles. The number of carboxylic acids is 1. The number of amides is 1. The Morgan fingerprint density at radius 3 is 2.68 bits per heavy atom. The highest BCUT2D eigenvalue weighted by atomic mass is 35.5. The van der Waals surface area contributed by atoms with Crippen molar-refractivity contribution in [3.63, 3.8) is 0 Å². The molecule has 0 saturated carbocycles. The Morgan fingerprint density at radius 1 is 1.32 bits per heavy atom. The van der Waals surface area contributed by atoms with Crippen LogP contribution < -0.4 is 5.32 Å². The summed E-state index contributed by atoms with van der Waals surface area (Å²) < 4.78 is 2.00. The van der Waals surface area contributed by atoms with Gasteiger partial charge in [-0.3, -0.25) is 4.79 Å². The van der Waals surface area contributed by atoms with Crippen LogP contribution in [0.3, 0.4) is 0 Å². The van der Waals surface area contributed by atoms with E-state index < -0.39 is 5.97 Å². The van der Waals surface area contributed by atoms with Gasteiger partial charge >= 0.3 is 5.97 Å². The maximum atomic E-state index is 12.7. The van der Waals surface area contributed by atoms with Gasteiger partial charge in [-0.15, -0.1) is 0 Å². The molecule has 170 valence electrons. The number of carboxylic acid groups (broad SMARTS) is 1. The molecule has 8 heteroatoms. The molecule has 0 aliphatic heterocycles. The van der Waals surface area contributed by atoms with Gasteiger partial charge in [0.2, 0.25) is 5.91 Å². The van der Waals surface area contributed by atoms with Crippen LogP contribution in [0.1, 0.15) is 67.5 Å². The van der Waals surface area contributed by atoms with Gasteiger partial charge < -0.3 is 15.0 Å². The van der Waals surface area contributed by atoms with Gasteiger partial charge in [-0.1, -0.05) is 50.9 Å². The molecule has 1 atom stereocenters. The van der Waals surface area contributed by atoms with Crippen LogP contribution in [0.2, 0.25) is 5.15 Å². The number of aryl methyl sites for hydroxylation is 1. The van der Waals surface area contributed by atoms with E-state index in [1.165, 1.54) is 0 Å². The van der Waals surface area contributed by atoms with Gasteiger partial charge in [-0.2, -0.15) is 12.6 Å². The average molecular weight is 466 g/mol. The number of halogens is 1. The first-order chi connectivity index (χ1) is 14.8. The number of unbranched alkanes of at least 4 members (excludes halogenated alkanes) is 1. The molecule has 0 saturated heterocycles. The molecule has 0 aliphatic rings. The van der Waals surface area contributed by atoms with E-state index in [1.807, 2.05) is 10.6 Å². The van der Waals surface area contributed by atoms with Gasteiger partial charge in [0.1, 0.15) is 5.82 Å². The van der Waals surface area contributed by atoms with Gasteiger partial charge in [0.15, 0.2) is 5.15 Å². The van der Waals surface area contributed by atoms with Crippen molar-refractivity contribution in [3.05, 3.63) is 52.1 Å². The van der Waals surface area contributed by atoms with E-state index in [1.54, 1.807) is 18.2 Å². The minimum atomic E-state index is -0.966. The Labute approximate surface area is 194 Å².